The van der Waals surface area contributed by atoms with Gasteiger partial charge in [-0.05, 0) is 38.2 Å². The molecular weight excluding hydrogens is 250 g/mol. The third-order valence-corrected chi connectivity index (χ3v) is 3.58. The fourth-order valence-electron chi connectivity index (χ4n) is 2.31. The quantitative estimate of drug-likeness (QED) is 0.726. The SMILES string of the molecule is CCOc1ccccc1C(C)NCC(C)(C)CCCO. The van der Waals surface area contributed by atoms with Gasteiger partial charge in [0.15, 0.2) is 0 Å². The minimum absolute atomic E-state index is 0.192. The Labute approximate surface area is 123 Å². The first-order chi connectivity index (χ1) is 9.50. The highest BCUT2D eigenvalue weighted by atomic mass is 16.5. The summed E-state index contributed by atoms with van der Waals surface area (Å²) in [6.45, 7) is 10.5. The standard InChI is InChI=1S/C17H29NO2/c1-5-20-16-10-7-6-9-15(16)14(2)18-13-17(3,4)11-8-12-19/h6-7,9-10,14,18-19H,5,8,11-13H2,1-4H3. The van der Waals surface area contributed by atoms with E-state index in [1.807, 2.05) is 25.1 Å². The predicted octanol–water partition coefficient (Wildman–Crippen LogP) is 3.53. The van der Waals surface area contributed by atoms with Crippen LogP contribution in [0.5, 0.6) is 5.75 Å². The molecule has 0 aliphatic heterocycles. The van der Waals surface area contributed by atoms with Gasteiger partial charge in [0.2, 0.25) is 0 Å². The third kappa shape index (κ3) is 5.51. The highest BCUT2D eigenvalue weighted by Crippen LogP contribution is 2.27. The van der Waals surface area contributed by atoms with Crippen molar-refractivity contribution in [3.05, 3.63) is 29.8 Å². The summed E-state index contributed by atoms with van der Waals surface area (Å²) < 4.78 is 5.68. The highest BCUT2D eigenvalue weighted by Gasteiger charge is 2.19. The lowest BCUT2D eigenvalue weighted by Gasteiger charge is -2.27. The number of hydrogen-bond acceptors (Lipinski definition) is 3. The Hall–Kier alpha value is -1.06. The third-order valence-electron chi connectivity index (χ3n) is 3.58. The molecule has 0 heterocycles. The minimum Gasteiger partial charge on any atom is -0.494 e. The van der Waals surface area contributed by atoms with Gasteiger partial charge in [-0.3, -0.25) is 0 Å². The maximum Gasteiger partial charge on any atom is 0.124 e. The summed E-state index contributed by atoms with van der Waals surface area (Å²) in [4.78, 5) is 0. The Bertz CT molecular complexity index is 390. The van der Waals surface area contributed by atoms with Gasteiger partial charge in [-0.25, -0.2) is 0 Å². The van der Waals surface area contributed by atoms with Crippen LogP contribution in [0.2, 0.25) is 0 Å². The lowest BCUT2D eigenvalue weighted by Crippen LogP contribution is -2.31. The zero-order chi connectivity index (χ0) is 15.0. The Balaban J connectivity index is 2.60. The van der Waals surface area contributed by atoms with E-state index < -0.39 is 0 Å². The van der Waals surface area contributed by atoms with E-state index in [4.69, 9.17) is 9.84 Å². The van der Waals surface area contributed by atoms with Crippen molar-refractivity contribution in [2.24, 2.45) is 5.41 Å². The van der Waals surface area contributed by atoms with Crippen LogP contribution >= 0.6 is 0 Å². The molecular formula is C17H29NO2. The van der Waals surface area contributed by atoms with Crippen LogP contribution in [0.4, 0.5) is 0 Å². The first-order valence-corrected chi connectivity index (χ1v) is 7.56. The molecule has 0 saturated heterocycles. The van der Waals surface area contributed by atoms with Gasteiger partial charge in [-0.2, -0.15) is 0 Å². The monoisotopic (exact) mass is 279 g/mol. The second kappa shape index (κ2) is 8.28. The minimum atomic E-state index is 0.192. The molecule has 1 unspecified atom stereocenters. The van der Waals surface area contributed by atoms with E-state index in [0.29, 0.717) is 6.61 Å². The molecule has 0 saturated carbocycles. The number of aliphatic hydroxyl groups excluding tert-OH is 1. The van der Waals surface area contributed by atoms with E-state index in [2.05, 4.69) is 32.2 Å². The van der Waals surface area contributed by atoms with Crippen molar-refractivity contribution < 1.29 is 9.84 Å². The van der Waals surface area contributed by atoms with E-state index in [1.54, 1.807) is 0 Å². The molecule has 1 rings (SSSR count). The Morgan fingerprint density at radius 1 is 1.30 bits per heavy atom. The highest BCUT2D eigenvalue weighted by molar-refractivity contribution is 5.35. The average Bonchev–Trinajstić information content (AvgIpc) is 2.44. The van der Waals surface area contributed by atoms with Crippen LogP contribution in [0.1, 0.15) is 52.1 Å². The molecule has 0 fully saturated rings. The van der Waals surface area contributed by atoms with Gasteiger partial charge < -0.3 is 15.2 Å². The average molecular weight is 279 g/mol. The Morgan fingerprint density at radius 2 is 2.00 bits per heavy atom. The number of para-hydroxylation sites is 1. The van der Waals surface area contributed by atoms with Crippen molar-refractivity contribution in [3.8, 4) is 5.75 Å². The van der Waals surface area contributed by atoms with Gasteiger partial charge >= 0.3 is 0 Å². The van der Waals surface area contributed by atoms with E-state index in [9.17, 15) is 0 Å². The van der Waals surface area contributed by atoms with Crippen LogP contribution in [-0.2, 0) is 0 Å². The second-order valence-electron chi connectivity index (χ2n) is 6.06. The van der Waals surface area contributed by atoms with E-state index in [1.165, 1.54) is 5.56 Å². The van der Waals surface area contributed by atoms with Crippen LogP contribution < -0.4 is 10.1 Å². The molecule has 20 heavy (non-hydrogen) atoms. The number of hydrogen-bond donors (Lipinski definition) is 2. The number of rotatable bonds is 9. The van der Waals surface area contributed by atoms with Crippen molar-refractivity contribution in [2.75, 3.05) is 19.8 Å². The van der Waals surface area contributed by atoms with Crippen LogP contribution in [0, 0.1) is 5.41 Å². The van der Waals surface area contributed by atoms with Crippen LogP contribution in [-0.4, -0.2) is 24.9 Å². The summed E-state index contributed by atoms with van der Waals surface area (Å²) in [7, 11) is 0. The van der Waals surface area contributed by atoms with E-state index in [-0.39, 0.29) is 18.1 Å². The van der Waals surface area contributed by atoms with Crippen molar-refractivity contribution in [2.45, 2.75) is 46.6 Å². The van der Waals surface area contributed by atoms with Crippen LogP contribution in [0.25, 0.3) is 0 Å². The van der Waals surface area contributed by atoms with E-state index >= 15 is 0 Å². The molecule has 114 valence electrons. The Kier molecular flexibility index (Phi) is 7.03. The molecule has 3 heteroatoms. The van der Waals surface area contributed by atoms with Gasteiger partial charge in [0.1, 0.15) is 5.75 Å². The van der Waals surface area contributed by atoms with Gasteiger partial charge in [0.05, 0.1) is 6.61 Å². The molecule has 1 atom stereocenters. The lowest BCUT2D eigenvalue weighted by atomic mass is 9.87. The fourth-order valence-corrected chi connectivity index (χ4v) is 2.31. The van der Waals surface area contributed by atoms with Crippen molar-refractivity contribution in [1.82, 2.24) is 5.32 Å². The smallest absolute Gasteiger partial charge is 0.124 e. The number of nitrogens with one attached hydrogen (secondary N) is 1. The zero-order valence-corrected chi connectivity index (χ0v) is 13.3. The van der Waals surface area contributed by atoms with Crippen molar-refractivity contribution in [1.29, 1.82) is 0 Å². The summed E-state index contributed by atoms with van der Waals surface area (Å²) in [5.74, 6) is 0.961. The summed E-state index contributed by atoms with van der Waals surface area (Å²) >= 11 is 0. The zero-order valence-electron chi connectivity index (χ0n) is 13.3. The molecule has 3 nitrogen and oxygen atoms in total. The molecule has 0 spiro atoms. The number of benzene rings is 1. The first kappa shape index (κ1) is 17.0. The predicted molar refractivity (Wildman–Crippen MR) is 84.1 cm³/mol. The van der Waals surface area contributed by atoms with Gasteiger partial charge in [-0.15, -0.1) is 0 Å². The maximum absolute atomic E-state index is 8.94. The molecule has 2 N–H and O–H groups in total. The van der Waals surface area contributed by atoms with Gasteiger partial charge in [0.25, 0.3) is 0 Å². The van der Waals surface area contributed by atoms with Crippen LogP contribution in [0.3, 0.4) is 0 Å². The summed E-state index contributed by atoms with van der Waals surface area (Å²) in [6.07, 6.45) is 1.88. The van der Waals surface area contributed by atoms with Crippen LogP contribution in [0.15, 0.2) is 24.3 Å². The second-order valence-corrected chi connectivity index (χ2v) is 6.06. The molecule has 0 amide bonds. The Morgan fingerprint density at radius 3 is 2.65 bits per heavy atom. The molecule has 0 aliphatic carbocycles. The summed E-state index contributed by atoms with van der Waals surface area (Å²) in [5, 5.41) is 12.5. The molecule has 0 aliphatic rings. The molecule has 0 aromatic heterocycles. The molecule has 0 radical (unpaired) electrons. The summed E-state index contributed by atoms with van der Waals surface area (Å²) in [6, 6.07) is 8.45. The fraction of sp³-hybridized carbons (Fsp3) is 0.647. The molecule has 1 aromatic carbocycles. The van der Waals surface area contributed by atoms with Crippen molar-refractivity contribution >= 4 is 0 Å². The normalized spacial score (nSPS) is 13.2. The first-order valence-electron chi connectivity index (χ1n) is 7.56. The van der Waals surface area contributed by atoms with Gasteiger partial charge in [-0.1, -0.05) is 32.0 Å². The van der Waals surface area contributed by atoms with Gasteiger partial charge in [0, 0.05) is 24.8 Å². The summed E-state index contributed by atoms with van der Waals surface area (Å²) in [5.41, 5.74) is 1.39. The topological polar surface area (TPSA) is 41.5 Å². The lowest BCUT2D eigenvalue weighted by molar-refractivity contribution is 0.232. The molecule has 1 aromatic rings. The maximum atomic E-state index is 8.94. The van der Waals surface area contributed by atoms with E-state index in [0.717, 1.165) is 25.1 Å². The number of ether oxygens (including phenoxy) is 1. The molecule has 0 bridgehead atoms. The van der Waals surface area contributed by atoms with Crippen molar-refractivity contribution in [3.63, 3.8) is 0 Å². The number of aliphatic hydroxyl groups is 1. The largest absolute Gasteiger partial charge is 0.494 e.